The Morgan fingerprint density at radius 1 is 1.23 bits per heavy atom. The van der Waals surface area contributed by atoms with E-state index in [0.29, 0.717) is 27.9 Å². The van der Waals surface area contributed by atoms with Crippen molar-refractivity contribution in [3.8, 4) is 0 Å². The Hall–Kier alpha value is -3.24. The number of anilines is 1. The molecule has 2 aromatic heterocycles. The van der Waals surface area contributed by atoms with E-state index < -0.39 is 20.7 Å². The van der Waals surface area contributed by atoms with Gasteiger partial charge < -0.3 is 10.3 Å². The van der Waals surface area contributed by atoms with Crippen LogP contribution in [0, 0.1) is 0 Å². The van der Waals surface area contributed by atoms with E-state index >= 15 is 0 Å². The molecule has 2 heterocycles. The first-order valence-corrected chi connectivity index (χ1v) is 13.2. The molecule has 3 aromatic rings. The number of Topliss-reactive ketones (excluding diaryl/α,β-unsaturated/α-hetero) is 1. The largest absolute Gasteiger partial charge is 0.384 e. The minimum atomic E-state index is -4.02. The van der Waals surface area contributed by atoms with Crippen LogP contribution in [0.2, 0.25) is 0 Å². The zero-order valence-corrected chi connectivity index (χ0v) is 21.9. The number of nitrogen functional groups attached to an aromatic ring is 1. The number of aromatic nitrogens is 2. The predicted molar refractivity (Wildman–Crippen MR) is 140 cm³/mol. The molecular formula is C25H25BrN4O4S. The minimum Gasteiger partial charge on any atom is -0.384 e. The monoisotopic (exact) mass is 556 g/mol. The van der Waals surface area contributed by atoms with Crippen molar-refractivity contribution < 1.29 is 18.0 Å². The summed E-state index contributed by atoms with van der Waals surface area (Å²) in [5.74, 6) is -0.654. The van der Waals surface area contributed by atoms with Gasteiger partial charge in [-0.2, -0.15) is 0 Å². The Bertz CT molecular complexity index is 1530. The molecule has 182 valence electrons. The lowest BCUT2D eigenvalue weighted by molar-refractivity contribution is -0.113. The summed E-state index contributed by atoms with van der Waals surface area (Å²) in [6.45, 7) is 4.73. The number of nitrogens with zero attached hydrogens (tertiary/aromatic N) is 2. The zero-order valence-electron chi connectivity index (χ0n) is 19.5. The summed E-state index contributed by atoms with van der Waals surface area (Å²) in [4.78, 5) is 30.7. The molecule has 10 heteroatoms. The highest BCUT2D eigenvalue weighted by Gasteiger charge is 2.35. The highest BCUT2D eigenvalue weighted by atomic mass is 79.9. The van der Waals surface area contributed by atoms with Crippen LogP contribution in [0.4, 0.5) is 5.82 Å². The first kappa shape index (κ1) is 24.9. The Balaban J connectivity index is 2.03. The average Bonchev–Trinajstić information content (AvgIpc) is 3.06. The van der Waals surface area contributed by atoms with Gasteiger partial charge in [0.15, 0.2) is 5.78 Å². The molecule has 8 nitrogen and oxygen atoms in total. The number of hydrogen-bond donors (Lipinski definition) is 2. The summed E-state index contributed by atoms with van der Waals surface area (Å²) in [6.07, 6.45) is 6.91. The van der Waals surface area contributed by atoms with Gasteiger partial charge in [-0.05, 0) is 56.7 Å². The van der Waals surface area contributed by atoms with Crippen molar-refractivity contribution in [3.05, 3.63) is 76.1 Å². The minimum absolute atomic E-state index is 0.0798. The predicted octanol–water partition coefficient (Wildman–Crippen LogP) is 4.20. The summed E-state index contributed by atoms with van der Waals surface area (Å²) in [6, 6.07) is 8.93. The van der Waals surface area contributed by atoms with Gasteiger partial charge in [0.05, 0.1) is 4.75 Å². The van der Waals surface area contributed by atoms with E-state index in [2.05, 4.69) is 25.6 Å². The number of benzene rings is 1. The lowest BCUT2D eigenvalue weighted by Gasteiger charge is -2.21. The Kier molecular flexibility index (Phi) is 6.46. The number of carbonyl (C=O) groups excluding carboxylic acids is 2. The molecule has 0 saturated heterocycles. The smallest absolute Gasteiger partial charge is 0.282 e. The first-order chi connectivity index (χ1) is 16.4. The molecule has 3 N–H and O–H groups in total. The van der Waals surface area contributed by atoms with Crippen molar-refractivity contribution in [2.75, 3.05) is 5.73 Å². The van der Waals surface area contributed by atoms with Gasteiger partial charge in [0.1, 0.15) is 11.5 Å². The molecule has 0 radical (unpaired) electrons. The van der Waals surface area contributed by atoms with Crippen molar-refractivity contribution in [2.45, 2.75) is 38.5 Å². The maximum atomic E-state index is 13.7. The van der Waals surface area contributed by atoms with Crippen molar-refractivity contribution >= 4 is 59.9 Å². The highest BCUT2D eigenvalue weighted by Crippen LogP contribution is 2.36. The molecule has 1 aliphatic rings. The third-order valence-electron chi connectivity index (χ3n) is 5.73. The quantitative estimate of drug-likeness (QED) is 0.485. The normalized spacial score (nSPS) is 14.3. The lowest BCUT2D eigenvalue weighted by Crippen LogP contribution is -2.43. The fraction of sp³-hybridized carbons (Fsp3) is 0.240. The van der Waals surface area contributed by atoms with E-state index in [1.54, 1.807) is 41.1 Å². The third kappa shape index (κ3) is 4.81. The lowest BCUT2D eigenvalue weighted by atomic mass is 9.93. The second-order valence-electron chi connectivity index (χ2n) is 9.24. The van der Waals surface area contributed by atoms with Crippen molar-refractivity contribution in [1.82, 2.24) is 14.3 Å². The first-order valence-electron chi connectivity index (χ1n) is 10.9. The van der Waals surface area contributed by atoms with E-state index in [9.17, 15) is 18.0 Å². The Morgan fingerprint density at radius 2 is 1.97 bits per heavy atom. The molecular weight excluding hydrogens is 532 g/mol. The molecule has 0 fully saturated rings. The number of nitrogens with one attached hydrogen (secondary N) is 1. The second kappa shape index (κ2) is 9.09. The van der Waals surface area contributed by atoms with E-state index in [4.69, 9.17) is 5.73 Å². The molecule has 1 aliphatic carbocycles. The molecule has 0 spiro atoms. The van der Waals surface area contributed by atoms with Crippen LogP contribution in [0.3, 0.4) is 0 Å². The van der Waals surface area contributed by atoms with Gasteiger partial charge in [-0.3, -0.25) is 9.59 Å². The number of hydrogen-bond acceptors (Lipinski definition) is 6. The molecule has 0 bridgehead atoms. The van der Waals surface area contributed by atoms with Gasteiger partial charge in [0, 0.05) is 45.7 Å². The zero-order chi connectivity index (χ0) is 25.5. The van der Waals surface area contributed by atoms with Crippen LogP contribution in [-0.2, 0) is 21.4 Å². The molecule has 0 saturated carbocycles. The number of allylic oxidation sites excluding steroid dienone is 4. The van der Waals surface area contributed by atoms with Gasteiger partial charge in [-0.25, -0.2) is 18.1 Å². The molecule has 1 amide bonds. The number of carbonyl (C=O) groups is 2. The van der Waals surface area contributed by atoms with Crippen LogP contribution in [-0.4, -0.2) is 34.4 Å². The number of sulfonamides is 1. The highest BCUT2D eigenvalue weighted by molar-refractivity contribution is 9.10. The topological polar surface area (TPSA) is 124 Å². The van der Waals surface area contributed by atoms with Crippen LogP contribution in [0.5, 0.6) is 0 Å². The molecule has 0 atom stereocenters. The average molecular weight is 557 g/mol. The van der Waals surface area contributed by atoms with E-state index in [1.165, 1.54) is 20.8 Å². The maximum Gasteiger partial charge on any atom is 0.282 e. The standard InChI is InChI=1S/C25H25BrN4O4S/c1-25(2,3)35(33,34)29-24(32)23-22(17-6-4-5-7-20(17)31)18-13-16(26)8-9-19(18)30(23)14-15-10-11-28-21(27)12-15/h4-6,8-13H,7,14H2,1-3H3,(H2,27,28)(H,29,32). The molecule has 1 aromatic carbocycles. The Morgan fingerprint density at radius 3 is 2.63 bits per heavy atom. The summed E-state index contributed by atoms with van der Waals surface area (Å²) in [7, 11) is -4.02. The number of rotatable bonds is 5. The SMILES string of the molecule is CC(C)(C)S(=O)(=O)NC(=O)c1c(C2=CC=CCC2=O)c2cc(Br)ccc2n1Cc1ccnc(N)c1. The van der Waals surface area contributed by atoms with Gasteiger partial charge in [0.25, 0.3) is 5.91 Å². The van der Waals surface area contributed by atoms with Crippen molar-refractivity contribution in [3.63, 3.8) is 0 Å². The van der Waals surface area contributed by atoms with Gasteiger partial charge in [-0.15, -0.1) is 0 Å². The molecule has 35 heavy (non-hydrogen) atoms. The van der Waals surface area contributed by atoms with E-state index in [0.717, 1.165) is 10.0 Å². The number of fused-ring (bicyclic) bond motifs is 1. The van der Waals surface area contributed by atoms with Crippen LogP contribution in [0.1, 0.15) is 48.8 Å². The fourth-order valence-electron chi connectivity index (χ4n) is 3.86. The van der Waals surface area contributed by atoms with Gasteiger partial charge in [-0.1, -0.05) is 34.2 Å². The van der Waals surface area contributed by atoms with Crippen LogP contribution in [0.25, 0.3) is 16.5 Å². The number of halogens is 1. The third-order valence-corrected chi connectivity index (χ3v) is 8.29. The number of nitrogens with two attached hydrogens (primary N) is 1. The number of amides is 1. The van der Waals surface area contributed by atoms with Crippen molar-refractivity contribution in [2.24, 2.45) is 0 Å². The fourth-order valence-corrected chi connectivity index (χ4v) is 4.87. The summed E-state index contributed by atoms with van der Waals surface area (Å²) in [5.41, 5.74) is 8.12. The Labute approximate surface area is 212 Å². The van der Waals surface area contributed by atoms with E-state index in [1.807, 2.05) is 18.2 Å². The van der Waals surface area contributed by atoms with E-state index in [-0.39, 0.29) is 24.4 Å². The van der Waals surface area contributed by atoms with Crippen LogP contribution >= 0.6 is 15.9 Å². The molecule has 0 aliphatic heterocycles. The van der Waals surface area contributed by atoms with Crippen molar-refractivity contribution in [1.29, 1.82) is 0 Å². The van der Waals surface area contributed by atoms with Crippen LogP contribution in [0.15, 0.2) is 59.2 Å². The summed E-state index contributed by atoms with van der Waals surface area (Å²) >= 11 is 3.48. The molecule has 4 rings (SSSR count). The maximum absolute atomic E-state index is 13.7. The van der Waals surface area contributed by atoms with Gasteiger partial charge in [0.2, 0.25) is 10.0 Å². The van der Waals surface area contributed by atoms with Crippen LogP contribution < -0.4 is 10.5 Å². The van der Waals surface area contributed by atoms with Gasteiger partial charge >= 0.3 is 0 Å². The molecule has 0 unspecified atom stereocenters. The summed E-state index contributed by atoms with van der Waals surface area (Å²) < 4.78 is 29.3. The second-order valence-corrected chi connectivity index (χ2v) is 12.6. The summed E-state index contributed by atoms with van der Waals surface area (Å²) in [5, 5.41) is 0.648. The number of pyridine rings is 1. The number of ketones is 1.